The summed E-state index contributed by atoms with van der Waals surface area (Å²) in [4.78, 5) is 0. The summed E-state index contributed by atoms with van der Waals surface area (Å²) < 4.78 is 7.57. The Morgan fingerprint density at radius 3 is 2.53 bits per heavy atom. The van der Waals surface area contributed by atoms with E-state index in [4.69, 9.17) is 33.7 Å². The Bertz CT molecular complexity index is 549. The van der Waals surface area contributed by atoms with Crippen LogP contribution in [0.25, 0.3) is 0 Å². The standard InChI is InChI=1S/C13H15Cl2N3O/c1-2-12-13(8-18(17-12)4-3-16)19-11-6-9(14)5-10(15)7-11/h5-8H,2-4,16H2,1H3. The number of nitrogens with zero attached hydrogens (tertiary/aromatic N) is 2. The number of benzene rings is 1. The maximum absolute atomic E-state index is 5.94. The first kappa shape index (κ1) is 14.2. The molecule has 0 saturated heterocycles. The molecule has 102 valence electrons. The van der Waals surface area contributed by atoms with Crippen LogP contribution in [0.15, 0.2) is 24.4 Å². The monoisotopic (exact) mass is 299 g/mol. The first-order chi connectivity index (χ1) is 9.12. The van der Waals surface area contributed by atoms with Gasteiger partial charge < -0.3 is 10.5 Å². The summed E-state index contributed by atoms with van der Waals surface area (Å²) in [6.45, 7) is 3.22. The molecule has 0 atom stereocenters. The van der Waals surface area contributed by atoms with Crippen LogP contribution in [-0.2, 0) is 13.0 Å². The maximum Gasteiger partial charge on any atom is 0.168 e. The van der Waals surface area contributed by atoms with Crippen LogP contribution < -0.4 is 10.5 Å². The molecule has 6 heteroatoms. The first-order valence-electron chi connectivity index (χ1n) is 6.02. The molecule has 2 aromatic rings. The van der Waals surface area contributed by atoms with Crippen LogP contribution in [0.5, 0.6) is 11.5 Å². The minimum absolute atomic E-state index is 0.535. The fourth-order valence-electron chi connectivity index (χ4n) is 1.73. The molecule has 0 spiro atoms. The third kappa shape index (κ3) is 3.62. The molecule has 4 nitrogen and oxygen atoms in total. The van der Waals surface area contributed by atoms with Crippen LogP contribution in [0.3, 0.4) is 0 Å². The molecule has 1 aromatic heterocycles. The number of halogens is 2. The lowest BCUT2D eigenvalue weighted by Gasteiger charge is -2.05. The zero-order valence-electron chi connectivity index (χ0n) is 10.6. The molecule has 0 aliphatic rings. The number of hydrogen-bond donors (Lipinski definition) is 1. The van der Waals surface area contributed by atoms with Crippen molar-refractivity contribution in [3.05, 3.63) is 40.1 Å². The molecule has 0 unspecified atom stereocenters. The second kappa shape index (κ2) is 6.28. The van der Waals surface area contributed by atoms with E-state index in [2.05, 4.69) is 5.10 Å². The van der Waals surface area contributed by atoms with Crippen LogP contribution in [0, 0.1) is 0 Å². The topological polar surface area (TPSA) is 53.1 Å². The predicted octanol–water partition coefficient (Wildman–Crippen LogP) is 3.50. The van der Waals surface area contributed by atoms with Gasteiger partial charge in [0, 0.05) is 16.6 Å². The Morgan fingerprint density at radius 2 is 1.95 bits per heavy atom. The molecule has 0 saturated carbocycles. The van der Waals surface area contributed by atoms with Gasteiger partial charge in [0.2, 0.25) is 0 Å². The molecule has 1 aromatic carbocycles. The second-order valence-corrected chi connectivity index (χ2v) is 4.93. The molecule has 0 radical (unpaired) electrons. The van der Waals surface area contributed by atoms with Crippen molar-refractivity contribution >= 4 is 23.2 Å². The number of aromatic nitrogens is 2. The highest BCUT2D eigenvalue weighted by atomic mass is 35.5. The molecule has 0 aliphatic heterocycles. The van der Waals surface area contributed by atoms with Crippen LogP contribution in [0.1, 0.15) is 12.6 Å². The summed E-state index contributed by atoms with van der Waals surface area (Å²) in [6, 6.07) is 5.09. The Labute approximate surface area is 122 Å². The fraction of sp³-hybridized carbons (Fsp3) is 0.308. The summed E-state index contributed by atoms with van der Waals surface area (Å²) in [5.74, 6) is 1.30. The molecule has 2 rings (SSSR count). The van der Waals surface area contributed by atoms with Crippen molar-refractivity contribution in [2.45, 2.75) is 19.9 Å². The van der Waals surface area contributed by atoms with Crippen LogP contribution in [-0.4, -0.2) is 16.3 Å². The molecule has 0 bridgehead atoms. The third-order valence-corrected chi connectivity index (χ3v) is 2.99. The number of nitrogens with two attached hydrogens (primary N) is 1. The molecular formula is C13H15Cl2N3O. The van der Waals surface area contributed by atoms with E-state index in [0.717, 1.165) is 12.1 Å². The van der Waals surface area contributed by atoms with Crippen molar-refractivity contribution in [2.24, 2.45) is 5.73 Å². The van der Waals surface area contributed by atoms with Gasteiger partial charge in [-0.15, -0.1) is 0 Å². The Balaban J connectivity index is 2.26. The van der Waals surface area contributed by atoms with E-state index in [1.807, 2.05) is 13.1 Å². The molecule has 2 N–H and O–H groups in total. The highest BCUT2D eigenvalue weighted by Crippen LogP contribution is 2.30. The number of rotatable bonds is 5. The van der Waals surface area contributed by atoms with Crippen LogP contribution >= 0.6 is 23.2 Å². The maximum atomic E-state index is 5.94. The van der Waals surface area contributed by atoms with Gasteiger partial charge in [-0.25, -0.2) is 0 Å². The van der Waals surface area contributed by atoms with E-state index >= 15 is 0 Å². The second-order valence-electron chi connectivity index (χ2n) is 4.05. The SMILES string of the molecule is CCc1nn(CCN)cc1Oc1cc(Cl)cc(Cl)c1. The Morgan fingerprint density at radius 1 is 1.26 bits per heavy atom. The van der Waals surface area contributed by atoms with Crippen LogP contribution in [0.2, 0.25) is 10.0 Å². The fourth-order valence-corrected chi connectivity index (χ4v) is 2.24. The minimum atomic E-state index is 0.535. The molecule has 19 heavy (non-hydrogen) atoms. The quantitative estimate of drug-likeness (QED) is 0.919. The average Bonchev–Trinajstić information content (AvgIpc) is 2.70. The Kier molecular flexibility index (Phi) is 4.69. The lowest BCUT2D eigenvalue weighted by Crippen LogP contribution is -2.10. The molecule has 1 heterocycles. The normalized spacial score (nSPS) is 10.7. The van der Waals surface area contributed by atoms with Crippen molar-refractivity contribution in [3.8, 4) is 11.5 Å². The van der Waals surface area contributed by atoms with Gasteiger partial charge in [-0.05, 0) is 24.6 Å². The van der Waals surface area contributed by atoms with Gasteiger partial charge >= 0.3 is 0 Å². The van der Waals surface area contributed by atoms with Crippen molar-refractivity contribution in [3.63, 3.8) is 0 Å². The lowest BCUT2D eigenvalue weighted by molar-refractivity contribution is 0.476. The van der Waals surface area contributed by atoms with E-state index in [0.29, 0.717) is 34.6 Å². The average molecular weight is 300 g/mol. The van der Waals surface area contributed by atoms with Gasteiger partial charge in [0.25, 0.3) is 0 Å². The summed E-state index contributed by atoms with van der Waals surface area (Å²) in [5.41, 5.74) is 6.40. The zero-order chi connectivity index (χ0) is 13.8. The van der Waals surface area contributed by atoms with Gasteiger partial charge in [-0.1, -0.05) is 30.1 Å². The van der Waals surface area contributed by atoms with Gasteiger partial charge in [0.05, 0.1) is 12.7 Å². The minimum Gasteiger partial charge on any atom is -0.454 e. The van der Waals surface area contributed by atoms with E-state index in [-0.39, 0.29) is 0 Å². The number of aryl methyl sites for hydroxylation is 1. The first-order valence-corrected chi connectivity index (χ1v) is 6.78. The largest absolute Gasteiger partial charge is 0.454 e. The van der Waals surface area contributed by atoms with Crippen molar-refractivity contribution in [1.29, 1.82) is 0 Å². The zero-order valence-corrected chi connectivity index (χ0v) is 12.1. The van der Waals surface area contributed by atoms with E-state index < -0.39 is 0 Å². The summed E-state index contributed by atoms with van der Waals surface area (Å²) in [7, 11) is 0. The summed E-state index contributed by atoms with van der Waals surface area (Å²) in [5, 5.41) is 5.48. The van der Waals surface area contributed by atoms with Crippen molar-refractivity contribution in [2.75, 3.05) is 6.54 Å². The van der Waals surface area contributed by atoms with Gasteiger partial charge in [-0.3, -0.25) is 4.68 Å². The third-order valence-electron chi connectivity index (χ3n) is 2.56. The van der Waals surface area contributed by atoms with Gasteiger partial charge in [-0.2, -0.15) is 5.10 Å². The predicted molar refractivity (Wildman–Crippen MR) is 77.2 cm³/mol. The number of hydrogen-bond acceptors (Lipinski definition) is 3. The van der Waals surface area contributed by atoms with E-state index in [1.165, 1.54) is 0 Å². The smallest absolute Gasteiger partial charge is 0.168 e. The van der Waals surface area contributed by atoms with E-state index in [9.17, 15) is 0 Å². The highest BCUT2D eigenvalue weighted by Gasteiger charge is 2.10. The highest BCUT2D eigenvalue weighted by molar-refractivity contribution is 6.34. The Hall–Kier alpha value is -1.23. The van der Waals surface area contributed by atoms with Crippen molar-refractivity contribution in [1.82, 2.24) is 9.78 Å². The molecule has 0 fully saturated rings. The van der Waals surface area contributed by atoms with E-state index in [1.54, 1.807) is 22.9 Å². The molecular weight excluding hydrogens is 285 g/mol. The van der Waals surface area contributed by atoms with Gasteiger partial charge in [0.1, 0.15) is 11.4 Å². The van der Waals surface area contributed by atoms with Crippen molar-refractivity contribution < 1.29 is 4.74 Å². The van der Waals surface area contributed by atoms with Crippen LogP contribution in [0.4, 0.5) is 0 Å². The summed E-state index contributed by atoms with van der Waals surface area (Å²) >= 11 is 11.9. The van der Waals surface area contributed by atoms with Gasteiger partial charge in [0.15, 0.2) is 5.75 Å². The summed E-state index contributed by atoms with van der Waals surface area (Å²) in [6.07, 6.45) is 2.61. The molecule has 0 amide bonds. The number of ether oxygens (including phenoxy) is 1. The molecule has 0 aliphatic carbocycles. The lowest BCUT2D eigenvalue weighted by atomic mass is 10.3.